The van der Waals surface area contributed by atoms with Gasteiger partial charge in [-0.15, -0.1) is 0 Å². The van der Waals surface area contributed by atoms with Gasteiger partial charge in [-0.05, 0) is 43.9 Å². The van der Waals surface area contributed by atoms with Crippen LogP contribution < -0.4 is 5.69 Å². The van der Waals surface area contributed by atoms with Gasteiger partial charge in [-0.3, -0.25) is 9.55 Å². The van der Waals surface area contributed by atoms with E-state index in [1.807, 2.05) is 22.8 Å². The first-order valence-electron chi connectivity index (χ1n) is 7.88. The molecule has 0 atom stereocenters. The highest BCUT2D eigenvalue weighted by Gasteiger charge is 2.25. The number of imidazole rings is 1. The van der Waals surface area contributed by atoms with E-state index >= 15 is 0 Å². The van der Waals surface area contributed by atoms with E-state index in [0.717, 1.165) is 52.1 Å². The first-order chi connectivity index (χ1) is 11.2. The van der Waals surface area contributed by atoms with E-state index in [4.69, 9.17) is 4.74 Å². The van der Waals surface area contributed by atoms with Crippen molar-refractivity contribution in [2.45, 2.75) is 37.8 Å². The first kappa shape index (κ1) is 14.9. The number of fused-ring (bicyclic) bond motifs is 3. The molecular formula is C17H18BrN3O2. The van der Waals surface area contributed by atoms with Crippen LogP contribution in [0.15, 0.2) is 33.7 Å². The number of halogens is 1. The standard InChI is InChI=1S/C17H18BrN3O2/c1-23-12-5-3-11(4-6-12)21-16-13-8-10(18)2-7-14(13)19-9-15(16)20-17(21)22/h2,7-9,11-12H,3-6H2,1H3,(H,20,22). The van der Waals surface area contributed by atoms with E-state index < -0.39 is 0 Å². The Morgan fingerprint density at radius 1 is 1.30 bits per heavy atom. The number of rotatable bonds is 2. The smallest absolute Gasteiger partial charge is 0.326 e. The van der Waals surface area contributed by atoms with Gasteiger partial charge in [0.05, 0.1) is 28.9 Å². The molecule has 4 rings (SSSR count). The normalized spacial score (nSPS) is 22.0. The number of ether oxygens (including phenoxy) is 1. The second kappa shape index (κ2) is 5.76. The van der Waals surface area contributed by atoms with Crippen molar-refractivity contribution in [2.24, 2.45) is 0 Å². The number of nitrogens with one attached hydrogen (secondary N) is 1. The Morgan fingerprint density at radius 2 is 2.09 bits per heavy atom. The molecule has 2 aromatic heterocycles. The molecule has 1 aliphatic carbocycles. The zero-order valence-corrected chi connectivity index (χ0v) is 14.5. The highest BCUT2D eigenvalue weighted by molar-refractivity contribution is 9.10. The molecule has 6 heteroatoms. The largest absolute Gasteiger partial charge is 0.381 e. The molecule has 1 saturated carbocycles. The summed E-state index contributed by atoms with van der Waals surface area (Å²) in [5, 5.41) is 1.00. The lowest BCUT2D eigenvalue weighted by Crippen LogP contribution is -2.28. The lowest BCUT2D eigenvalue weighted by atomic mass is 9.92. The van der Waals surface area contributed by atoms with Crippen molar-refractivity contribution in [3.63, 3.8) is 0 Å². The number of hydrogen-bond donors (Lipinski definition) is 1. The summed E-state index contributed by atoms with van der Waals surface area (Å²) in [5.74, 6) is 0. The van der Waals surface area contributed by atoms with Gasteiger partial charge in [-0.25, -0.2) is 4.79 Å². The van der Waals surface area contributed by atoms with Crippen LogP contribution in [0.25, 0.3) is 21.9 Å². The summed E-state index contributed by atoms with van der Waals surface area (Å²) in [4.78, 5) is 20.0. The Balaban J connectivity index is 1.90. The Kier molecular flexibility index (Phi) is 3.73. The number of pyridine rings is 1. The minimum absolute atomic E-state index is 0.0462. The summed E-state index contributed by atoms with van der Waals surface area (Å²) >= 11 is 3.52. The van der Waals surface area contributed by atoms with Crippen LogP contribution in [0.4, 0.5) is 0 Å². The van der Waals surface area contributed by atoms with Crippen molar-refractivity contribution in [3.8, 4) is 0 Å². The Bertz CT molecular complexity index is 923. The Labute approximate surface area is 141 Å². The topological polar surface area (TPSA) is 59.9 Å². The number of methoxy groups -OCH3 is 1. The molecule has 1 N–H and O–H groups in total. The van der Waals surface area contributed by atoms with Crippen molar-refractivity contribution in [2.75, 3.05) is 7.11 Å². The maximum absolute atomic E-state index is 12.6. The van der Waals surface area contributed by atoms with Crippen LogP contribution in [-0.2, 0) is 4.74 Å². The van der Waals surface area contributed by atoms with Gasteiger partial charge < -0.3 is 9.72 Å². The maximum atomic E-state index is 12.6. The molecule has 0 radical (unpaired) electrons. The summed E-state index contributed by atoms with van der Waals surface area (Å²) in [6, 6.07) is 6.20. The SMILES string of the molecule is COC1CCC(n2c(=O)[nH]c3cnc4ccc(Br)cc4c32)CC1. The van der Waals surface area contributed by atoms with Gasteiger partial charge in [0.2, 0.25) is 0 Å². The van der Waals surface area contributed by atoms with Crippen molar-refractivity contribution >= 4 is 37.9 Å². The Hall–Kier alpha value is -1.66. The van der Waals surface area contributed by atoms with Gasteiger partial charge in [-0.1, -0.05) is 15.9 Å². The molecule has 0 bridgehead atoms. The molecule has 1 aliphatic rings. The number of benzene rings is 1. The molecule has 23 heavy (non-hydrogen) atoms. The molecule has 0 aliphatic heterocycles. The van der Waals surface area contributed by atoms with Gasteiger partial charge in [0.25, 0.3) is 0 Å². The third-order valence-electron chi connectivity index (χ3n) is 4.85. The molecule has 0 amide bonds. The highest BCUT2D eigenvalue weighted by atomic mass is 79.9. The van der Waals surface area contributed by atoms with Crippen LogP contribution in [0.2, 0.25) is 0 Å². The molecule has 0 unspecified atom stereocenters. The minimum atomic E-state index is -0.0462. The predicted molar refractivity (Wildman–Crippen MR) is 93.9 cm³/mol. The fraction of sp³-hybridized carbons (Fsp3) is 0.412. The molecule has 3 aromatic rings. The van der Waals surface area contributed by atoms with Crippen molar-refractivity contribution < 1.29 is 4.74 Å². The summed E-state index contributed by atoms with van der Waals surface area (Å²) in [6.45, 7) is 0. The monoisotopic (exact) mass is 375 g/mol. The number of nitrogens with zero attached hydrogens (tertiary/aromatic N) is 2. The van der Waals surface area contributed by atoms with E-state index in [1.165, 1.54) is 0 Å². The maximum Gasteiger partial charge on any atom is 0.326 e. The lowest BCUT2D eigenvalue weighted by Gasteiger charge is -2.28. The molecular weight excluding hydrogens is 358 g/mol. The summed E-state index contributed by atoms with van der Waals surface area (Å²) in [7, 11) is 1.76. The van der Waals surface area contributed by atoms with Crippen LogP contribution in [0.3, 0.4) is 0 Å². The predicted octanol–water partition coefficient (Wildman–Crippen LogP) is 3.77. The van der Waals surface area contributed by atoms with Gasteiger partial charge in [0, 0.05) is 23.0 Å². The van der Waals surface area contributed by atoms with Gasteiger partial charge in [0.15, 0.2) is 0 Å². The van der Waals surface area contributed by atoms with Crippen LogP contribution in [0, 0.1) is 0 Å². The number of aromatic nitrogens is 3. The fourth-order valence-electron chi connectivity index (χ4n) is 3.67. The average molecular weight is 376 g/mol. The third kappa shape index (κ3) is 2.50. The molecule has 2 heterocycles. The van der Waals surface area contributed by atoms with Crippen LogP contribution in [0.5, 0.6) is 0 Å². The third-order valence-corrected chi connectivity index (χ3v) is 5.34. The van der Waals surface area contributed by atoms with E-state index in [2.05, 4.69) is 25.9 Å². The molecule has 1 aromatic carbocycles. The molecule has 0 spiro atoms. The van der Waals surface area contributed by atoms with E-state index in [9.17, 15) is 4.79 Å². The number of hydrogen-bond acceptors (Lipinski definition) is 3. The first-order valence-corrected chi connectivity index (χ1v) is 8.68. The summed E-state index contributed by atoms with van der Waals surface area (Å²) < 4.78 is 8.37. The zero-order valence-electron chi connectivity index (χ0n) is 12.9. The van der Waals surface area contributed by atoms with Crippen molar-refractivity contribution in [1.82, 2.24) is 14.5 Å². The van der Waals surface area contributed by atoms with Gasteiger partial charge in [-0.2, -0.15) is 0 Å². The molecule has 1 fully saturated rings. The molecule has 120 valence electrons. The van der Waals surface area contributed by atoms with Crippen LogP contribution in [-0.4, -0.2) is 27.7 Å². The molecule has 0 saturated heterocycles. The lowest BCUT2D eigenvalue weighted by molar-refractivity contribution is 0.0586. The summed E-state index contributed by atoms with van der Waals surface area (Å²) in [5.41, 5.74) is 2.62. The van der Waals surface area contributed by atoms with E-state index in [-0.39, 0.29) is 11.7 Å². The average Bonchev–Trinajstić information content (AvgIpc) is 2.91. The number of H-pyrrole nitrogens is 1. The minimum Gasteiger partial charge on any atom is -0.381 e. The Morgan fingerprint density at radius 3 is 2.83 bits per heavy atom. The number of aromatic amines is 1. The second-order valence-corrected chi connectivity index (χ2v) is 7.06. The van der Waals surface area contributed by atoms with Crippen LogP contribution >= 0.6 is 15.9 Å². The second-order valence-electron chi connectivity index (χ2n) is 6.15. The molecule has 5 nitrogen and oxygen atoms in total. The van der Waals surface area contributed by atoms with Crippen LogP contribution in [0.1, 0.15) is 31.7 Å². The van der Waals surface area contributed by atoms with Crippen molar-refractivity contribution in [1.29, 1.82) is 0 Å². The van der Waals surface area contributed by atoms with Gasteiger partial charge in [0.1, 0.15) is 0 Å². The summed E-state index contributed by atoms with van der Waals surface area (Å²) in [6.07, 6.45) is 5.98. The van der Waals surface area contributed by atoms with Gasteiger partial charge >= 0.3 is 5.69 Å². The van der Waals surface area contributed by atoms with Crippen molar-refractivity contribution in [3.05, 3.63) is 39.4 Å². The highest BCUT2D eigenvalue weighted by Crippen LogP contribution is 2.33. The van der Waals surface area contributed by atoms with E-state index in [0.29, 0.717) is 6.10 Å². The fourth-order valence-corrected chi connectivity index (χ4v) is 4.03. The zero-order chi connectivity index (χ0) is 16.0. The quantitative estimate of drug-likeness (QED) is 0.741. The van der Waals surface area contributed by atoms with E-state index in [1.54, 1.807) is 13.3 Å².